The Morgan fingerprint density at radius 1 is 0.739 bits per heavy atom. The van der Waals surface area contributed by atoms with E-state index in [4.69, 9.17) is 61.6 Å². The van der Waals surface area contributed by atoms with Crippen molar-refractivity contribution in [3.8, 4) is 23.3 Å². The molecule has 10 nitrogen and oxygen atoms in total. The Morgan fingerprint density at radius 3 is 1.43 bits per heavy atom. The Labute approximate surface area is 291 Å². The molecule has 0 bridgehead atoms. The lowest BCUT2D eigenvalue weighted by Crippen LogP contribution is -2.22. The van der Waals surface area contributed by atoms with E-state index in [1.54, 1.807) is 41.1 Å². The summed E-state index contributed by atoms with van der Waals surface area (Å²) in [5.41, 5.74) is 9.11. The van der Waals surface area contributed by atoms with Crippen molar-refractivity contribution < 1.29 is 17.9 Å². The van der Waals surface area contributed by atoms with Crippen LogP contribution in [0.25, 0.3) is 0 Å². The molecule has 0 saturated carbocycles. The molecule has 0 aliphatic rings. The number of hydrogen-bond acceptors (Lipinski definition) is 7. The van der Waals surface area contributed by atoms with Crippen molar-refractivity contribution in [1.29, 1.82) is 0 Å². The molecule has 0 aliphatic carbocycles. The molecular weight excluding hydrogens is 694 g/mol. The van der Waals surface area contributed by atoms with Crippen LogP contribution in [0.5, 0.6) is 23.3 Å². The van der Waals surface area contributed by atoms with Crippen LogP contribution >= 0.6 is 46.4 Å². The predicted molar refractivity (Wildman–Crippen MR) is 187 cm³/mol. The summed E-state index contributed by atoms with van der Waals surface area (Å²) in [6.45, 7) is 12.5. The summed E-state index contributed by atoms with van der Waals surface area (Å²) in [6.07, 6.45) is 2.55. The Balaban J connectivity index is 0.000000254. The lowest BCUT2D eigenvalue weighted by molar-refractivity contribution is 0.384. The van der Waals surface area contributed by atoms with E-state index in [0.29, 0.717) is 62.0 Å². The lowest BCUT2D eigenvalue weighted by atomic mass is 10.2. The SMILES string of the molecule is CCc1c(CN)nn(C(C)C)c1Oc1cc(Cl)cc(Cl)c1.CCc1c(CNS(C)(=O)=O)nn(C(C)C)c1Oc1cc(Cl)cc(Cl)c1. The van der Waals surface area contributed by atoms with Crippen LogP contribution in [-0.2, 0) is 36.0 Å². The summed E-state index contributed by atoms with van der Waals surface area (Å²) < 4.78 is 40.9. The van der Waals surface area contributed by atoms with Gasteiger partial charge in [-0.15, -0.1) is 0 Å². The van der Waals surface area contributed by atoms with E-state index in [-0.39, 0.29) is 18.6 Å². The Bertz CT molecular complexity index is 1720. The molecule has 0 spiro atoms. The molecular formula is C31H40Cl4N6O4S. The minimum absolute atomic E-state index is 0.0296. The van der Waals surface area contributed by atoms with Gasteiger partial charge in [-0.1, -0.05) is 60.3 Å². The van der Waals surface area contributed by atoms with Gasteiger partial charge in [-0.3, -0.25) is 0 Å². The number of ether oxygens (including phenoxy) is 2. The summed E-state index contributed by atoms with van der Waals surface area (Å²) >= 11 is 24.1. The van der Waals surface area contributed by atoms with Crippen molar-refractivity contribution in [1.82, 2.24) is 24.3 Å². The third kappa shape index (κ3) is 10.2. The van der Waals surface area contributed by atoms with Gasteiger partial charge in [0.15, 0.2) is 0 Å². The number of halogens is 4. The topological polar surface area (TPSA) is 126 Å². The van der Waals surface area contributed by atoms with Crippen LogP contribution in [0.15, 0.2) is 36.4 Å². The molecule has 0 radical (unpaired) electrons. The molecule has 0 fully saturated rings. The lowest BCUT2D eigenvalue weighted by Gasteiger charge is -2.13. The molecule has 46 heavy (non-hydrogen) atoms. The number of sulfonamides is 1. The van der Waals surface area contributed by atoms with E-state index in [0.717, 1.165) is 29.5 Å². The average molecular weight is 735 g/mol. The largest absolute Gasteiger partial charge is 0.439 e. The highest BCUT2D eigenvalue weighted by Gasteiger charge is 2.22. The predicted octanol–water partition coefficient (Wildman–Crippen LogP) is 8.76. The average Bonchev–Trinajstić information content (AvgIpc) is 3.48. The number of hydrogen-bond donors (Lipinski definition) is 2. The zero-order valence-electron chi connectivity index (χ0n) is 26.9. The maximum atomic E-state index is 11.4. The fraction of sp³-hybridized carbons (Fsp3) is 0.419. The minimum Gasteiger partial charge on any atom is -0.439 e. The van der Waals surface area contributed by atoms with Gasteiger partial charge in [-0.2, -0.15) is 10.2 Å². The van der Waals surface area contributed by atoms with Gasteiger partial charge in [0.2, 0.25) is 21.8 Å². The van der Waals surface area contributed by atoms with Crippen molar-refractivity contribution in [3.05, 3.63) is 79.0 Å². The highest BCUT2D eigenvalue weighted by atomic mass is 35.5. The number of nitrogens with one attached hydrogen (secondary N) is 1. The zero-order valence-corrected chi connectivity index (χ0v) is 30.7. The van der Waals surface area contributed by atoms with Crippen molar-refractivity contribution in [3.63, 3.8) is 0 Å². The highest BCUT2D eigenvalue weighted by Crippen LogP contribution is 2.35. The second kappa shape index (κ2) is 16.5. The van der Waals surface area contributed by atoms with E-state index < -0.39 is 10.0 Å². The van der Waals surface area contributed by atoms with Crippen LogP contribution in [0, 0.1) is 0 Å². The van der Waals surface area contributed by atoms with E-state index in [1.807, 2.05) is 39.3 Å². The Hall–Kier alpha value is -2.51. The number of nitrogens with zero attached hydrogens (tertiary/aromatic N) is 4. The molecule has 252 valence electrons. The maximum Gasteiger partial charge on any atom is 0.221 e. The molecule has 2 aromatic carbocycles. The third-order valence-corrected chi connectivity index (χ3v) is 8.11. The van der Waals surface area contributed by atoms with E-state index in [9.17, 15) is 8.42 Å². The molecule has 0 atom stereocenters. The van der Waals surface area contributed by atoms with Gasteiger partial charge < -0.3 is 15.2 Å². The van der Waals surface area contributed by atoms with Gasteiger partial charge in [0, 0.05) is 37.8 Å². The van der Waals surface area contributed by atoms with E-state index >= 15 is 0 Å². The van der Waals surface area contributed by atoms with Crippen molar-refractivity contribution in [2.75, 3.05) is 6.26 Å². The first-order chi connectivity index (χ1) is 21.6. The molecule has 0 unspecified atom stereocenters. The van der Waals surface area contributed by atoms with Crippen molar-refractivity contribution >= 4 is 56.4 Å². The normalized spacial score (nSPS) is 11.6. The van der Waals surface area contributed by atoms with Crippen LogP contribution in [0.1, 0.15) is 76.1 Å². The molecule has 3 N–H and O–H groups in total. The summed E-state index contributed by atoms with van der Waals surface area (Å²) in [7, 11) is -3.32. The maximum absolute atomic E-state index is 11.4. The molecule has 15 heteroatoms. The standard InChI is InChI=1S/C16H21Cl2N3O3S.C15H19Cl2N3O/c1-5-14-15(9-19-25(4,22)23)20-21(10(2)3)16(14)24-13-7-11(17)6-12(18)8-13;1-4-13-14(8-18)19-20(9(2)3)15(13)21-12-6-10(16)5-11(17)7-12/h6-8,10,19H,5,9H2,1-4H3;5-7,9H,4,8,18H2,1-3H3. The highest BCUT2D eigenvalue weighted by molar-refractivity contribution is 7.88. The van der Waals surface area contributed by atoms with E-state index in [2.05, 4.69) is 21.8 Å². The Kier molecular flexibility index (Phi) is 13.6. The fourth-order valence-corrected chi connectivity index (χ4v) is 5.94. The smallest absolute Gasteiger partial charge is 0.221 e. The molecule has 0 saturated heterocycles. The number of aromatic nitrogens is 4. The molecule has 4 rings (SSSR count). The van der Waals surface area contributed by atoms with Gasteiger partial charge >= 0.3 is 0 Å². The Morgan fingerprint density at radius 2 is 1.11 bits per heavy atom. The fourth-order valence-electron chi connectivity index (χ4n) is 4.53. The number of nitrogens with two attached hydrogens (primary N) is 1. The summed E-state index contributed by atoms with van der Waals surface area (Å²) in [5.74, 6) is 2.34. The third-order valence-electron chi connectivity index (χ3n) is 6.57. The summed E-state index contributed by atoms with van der Waals surface area (Å²) in [4.78, 5) is 0. The van der Waals surface area contributed by atoms with Crippen LogP contribution in [-0.4, -0.2) is 34.2 Å². The zero-order chi connectivity index (χ0) is 34.3. The first kappa shape index (κ1) is 37.9. The van der Waals surface area contributed by atoms with Crippen LogP contribution < -0.4 is 19.9 Å². The van der Waals surface area contributed by atoms with Crippen LogP contribution in [0.2, 0.25) is 20.1 Å². The minimum atomic E-state index is -3.32. The van der Waals surface area contributed by atoms with Gasteiger partial charge in [0.1, 0.15) is 11.5 Å². The summed E-state index contributed by atoms with van der Waals surface area (Å²) in [6, 6.07) is 10.3. The first-order valence-electron chi connectivity index (χ1n) is 14.7. The van der Waals surface area contributed by atoms with Gasteiger partial charge in [0.05, 0.1) is 36.3 Å². The van der Waals surface area contributed by atoms with Gasteiger partial charge in [0.25, 0.3) is 0 Å². The van der Waals surface area contributed by atoms with Crippen LogP contribution in [0.3, 0.4) is 0 Å². The van der Waals surface area contributed by atoms with Crippen LogP contribution in [0.4, 0.5) is 0 Å². The van der Waals surface area contributed by atoms with E-state index in [1.165, 1.54) is 0 Å². The molecule has 2 heterocycles. The first-order valence-corrected chi connectivity index (χ1v) is 18.1. The van der Waals surface area contributed by atoms with Crippen molar-refractivity contribution in [2.45, 2.75) is 79.6 Å². The number of benzene rings is 2. The molecule has 0 amide bonds. The van der Waals surface area contributed by atoms with Gasteiger partial charge in [-0.25, -0.2) is 22.5 Å². The monoisotopic (exact) mass is 732 g/mol. The second-order valence-electron chi connectivity index (χ2n) is 11.0. The van der Waals surface area contributed by atoms with Gasteiger partial charge in [-0.05, 0) is 76.9 Å². The second-order valence-corrected chi connectivity index (χ2v) is 14.5. The number of rotatable bonds is 12. The quantitative estimate of drug-likeness (QED) is 0.149. The van der Waals surface area contributed by atoms with Crippen molar-refractivity contribution in [2.24, 2.45) is 5.73 Å². The summed E-state index contributed by atoms with van der Waals surface area (Å²) in [5, 5.41) is 11.1. The molecule has 2 aromatic heterocycles. The molecule has 0 aliphatic heterocycles. The molecule has 4 aromatic rings.